The summed E-state index contributed by atoms with van der Waals surface area (Å²) < 4.78 is 5.33. The first-order valence-electron chi connectivity index (χ1n) is 6.15. The summed E-state index contributed by atoms with van der Waals surface area (Å²) in [5, 5.41) is 0. The monoisotopic (exact) mass is 197 g/mol. The molecule has 0 aromatic carbocycles. The normalized spacial score (nSPS) is 26.4. The predicted molar refractivity (Wildman–Crippen MR) is 58.5 cm³/mol. The second-order valence-corrected chi connectivity index (χ2v) is 5.04. The maximum Gasteiger partial charge on any atom is 0.0545 e. The molecule has 2 aliphatic heterocycles. The Balaban J connectivity index is 1.63. The minimum absolute atomic E-state index is 0.612. The van der Waals surface area contributed by atoms with Crippen molar-refractivity contribution in [2.75, 3.05) is 32.8 Å². The highest BCUT2D eigenvalue weighted by atomic mass is 16.5. The van der Waals surface area contributed by atoms with Crippen molar-refractivity contribution in [1.29, 1.82) is 0 Å². The lowest BCUT2D eigenvalue weighted by Crippen LogP contribution is -2.50. The average Bonchev–Trinajstić information content (AvgIpc) is 2.17. The molecule has 2 nitrogen and oxygen atoms in total. The van der Waals surface area contributed by atoms with Gasteiger partial charge in [-0.25, -0.2) is 0 Å². The Morgan fingerprint density at radius 3 is 2.36 bits per heavy atom. The fourth-order valence-electron chi connectivity index (χ4n) is 2.52. The van der Waals surface area contributed by atoms with Gasteiger partial charge in [0.1, 0.15) is 0 Å². The lowest BCUT2D eigenvalue weighted by molar-refractivity contribution is -0.139. The molecule has 14 heavy (non-hydrogen) atoms. The van der Waals surface area contributed by atoms with E-state index in [4.69, 9.17) is 4.74 Å². The Labute approximate surface area is 87.6 Å². The Hall–Kier alpha value is -0.0800. The van der Waals surface area contributed by atoms with Crippen LogP contribution >= 0.6 is 0 Å². The fraction of sp³-hybridized carbons (Fsp3) is 1.00. The van der Waals surface area contributed by atoms with E-state index in [0.717, 1.165) is 13.2 Å². The van der Waals surface area contributed by atoms with Gasteiger partial charge >= 0.3 is 0 Å². The van der Waals surface area contributed by atoms with Gasteiger partial charge < -0.3 is 9.64 Å². The maximum atomic E-state index is 5.33. The number of rotatable bonds is 4. The Bertz CT molecular complexity index is 167. The minimum atomic E-state index is 0.612. The Morgan fingerprint density at radius 2 is 1.86 bits per heavy atom. The molecule has 0 amide bonds. The molecule has 0 N–H and O–H groups in total. The highest BCUT2D eigenvalue weighted by molar-refractivity contribution is 4.90. The third kappa shape index (κ3) is 2.29. The van der Waals surface area contributed by atoms with Crippen molar-refractivity contribution in [3.05, 3.63) is 0 Å². The second-order valence-electron chi connectivity index (χ2n) is 5.04. The van der Waals surface area contributed by atoms with Crippen LogP contribution in [0, 0.1) is 5.41 Å². The van der Waals surface area contributed by atoms with Crippen LogP contribution in [-0.4, -0.2) is 37.7 Å². The number of likely N-dealkylation sites (tertiary alicyclic amines) is 1. The van der Waals surface area contributed by atoms with E-state index >= 15 is 0 Å². The van der Waals surface area contributed by atoms with E-state index in [1.54, 1.807) is 0 Å². The summed E-state index contributed by atoms with van der Waals surface area (Å²) >= 11 is 0. The van der Waals surface area contributed by atoms with E-state index in [1.807, 2.05) is 0 Å². The van der Waals surface area contributed by atoms with Crippen molar-refractivity contribution in [3.63, 3.8) is 0 Å². The summed E-state index contributed by atoms with van der Waals surface area (Å²) in [6.45, 7) is 8.30. The molecule has 0 radical (unpaired) electrons. The van der Waals surface area contributed by atoms with Crippen molar-refractivity contribution in [2.45, 2.75) is 39.0 Å². The van der Waals surface area contributed by atoms with Gasteiger partial charge in [0.05, 0.1) is 13.2 Å². The van der Waals surface area contributed by atoms with Gasteiger partial charge in [-0.2, -0.15) is 0 Å². The topological polar surface area (TPSA) is 12.5 Å². The average molecular weight is 197 g/mol. The van der Waals surface area contributed by atoms with Crippen LogP contribution in [0.25, 0.3) is 0 Å². The largest absolute Gasteiger partial charge is 0.380 e. The molecule has 0 saturated carbocycles. The summed E-state index contributed by atoms with van der Waals surface area (Å²) in [7, 11) is 0. The molecular weight excluding hydrogens is 174 g/mol. The van der Waals surface area contributed by atoms with Gasteiger partial charge in [0.15, 0.2) is 0 Å². The molecule has 2 heteroatoms. The Morgan fingerprint density at radius 1 is 1.14 bits per heavy atom. The number of piperidine rings is 1. The summed E-state index contributed by atoms with van der Waals surface area (Å²) in [4.78, 5) is 2.64. The molecule has 0 aromatic heterocycles. The van der Waals surface area contributed by atoms with E-state index in [1.165, 1.54) is 51.7 Å². The number of hydrogen-bond acceptors (Lipinski definition) is 2. The fourth-order valence-corrected chi connectivity index (χ4v) is 2.52. The van der Waals surface area contributed by atoms with Crippen LogP contribution in [-0.2, 0) is 4.74 Å². The zero-order valence-corrected chi connectivity index (χ0v) is 9.43. The summed E-state index contributed by atoms with van der Waals surface area (Å²) in [6, 6.07) is 0. The van der Waals surface area contributed by atoms with Crippen molar-refractivity contribution < 1.29 is 4.74 Å². The van der Waals surface area contributed by atoms with Gasteiger partial charge in [-0.3, -0.25) is 0 Å². The van der Waals surface area contributed by atoms with Gasteiger partial charge in [-0.1, -0.05) is 19.8 Å². The Kier molecular flexibility index (Phi) is 3.45. The molecule has 2 fully saturated rings. The standard InChI is InChI=1S/C12H23NO/c1-2-3-4-7-13-8-5-12(6-9-13)10-14-11-12/h2-11H2,1H3. The summed E-state index contributed by atoms with van der Waals surface area (Å²) in [6.07, 6.45) is 6.87. The van der Waals surface area contributed by atoms with E-state index in [9.17, 15) is 0 Å². The SMILES string of the molecule is CCCCCN1CCC2(CC1)COC2. The molecule has 0 aliphatic carbocycles. The second kappa shape index (κ2) is 4.63. The van der Waals surface area contributed by atoms with E-state index in [0.29, 0.717) is 5.41 Å². The van der Waals surface area contributed by atoms with Crippen LogP contribution in [0.3, 0.4) is 0 Å². The van der Waals surface area contributed by atoms with Gasteiger partial charge in [-0.15, -0.1) is 0 Å². The molecule has 0 atom stereocenters. The number of ether oxygens (including phenoxy) is 1. The van der Waals surface area contributed by atoms with Crippen LogP contribution in [0.2, 0.25) is 0 Å². The number of unbranched alkanes of at least 4 members (excludes halogenated alkanes) is 2. The van der Waals surface area contributed by atoms with Gasteiger partial charge in [0.2, 0.25) is 0 Å². The van der Waals surface area contributed by atoms with Crippen LogP contribution in [0.1, 0.15) is 39.0 Å². The van der Waals surface area contributed by atoms with Crippen LogP contribution in [0.15, 0.2) is 0 Å². The molecule has 0 unspecified atom stereocenters. The van der Waals surface area contributed by atoms with Crippen LogP contribution in [0.4, 0.5) is 0 Å². The highest BCUT2D eigenvalue weighted by Crippen LogP contribution is 2.38. The molecule has 82 valence electrons. The van der Waals surface area contributed by atoms with Crippen molar-refractivity contribution in [2.24, 2.45) is 5.41 Å². The molecule has 2 saturated heterocycles. The van der Waals surface area contributed by atoms with Crippen LogP contribution in [0.5, 0.6) is 0 Å². The van der Waals surface area contributed by atoms with E-state index < -0.39 is 0 Å². The maximum absolute atomic E-state index is 5.33. The molecule has 1 spiro atoms. The molecule has 0 aromatic rings. The smallest absolute Gasteiger partial charge is 0.0545 e. The molecule has 0 bridgehead atoms. The molecular formula is C12H23NO. The van der Waals surface area contributed by atoms with Gasteiger partial charge in [0, 0.05) is 5.41 Å². The third-order valence-corrected chi connectivity index (χ3v) is 3.81. The van der Waals surface area contributed by atoms with Crippen molar-refractivity contribution in [3.8, 4) is 0 Å². The van der Waals surface area contributed by atoms with E-state index in [2.05, 4.69) is 11.8 Å². The van der Waals surface area contributed by atoms with Crippen LogP contribution < -0.4 is 0 Å². The minimum Gasteiger partial charge on any atom is -0.380 e. The molecule has 2 rings (SSSR count). The quantitative estimate of drug-likeness (QED) is 0.641. The molecule has 2 aliphatic rings. The number of nitrogens with zero attached hydrogens (tertiary/aromatic N) is 1. The van der Waals surface area contributed by atoms with Crippen molar-refractivity contribution in [1.82, 2.24) is 4.90 Å². The predicted octanol–water partition coefficient (Wildman–Crippen LogP) is 2.29. The van der Waals surface area contributed by atoms with E-state index in [-0.39, 0.29) is 0 Å². The highest BCUT2D eigenvalue weighted by Gasteiger charge is 2.40. The first kappa shape index (κ1) is 10.4. The van der Waals surface area contributed by atoms with Gasteiger partial charge in [0.25, 0.3) is 0 Å². The van der Waals surface area contributed by atoms with Crippen molar-refractivity contribution >= 4 is 0 Å². The summed E-state index contributed by atoms with van der Waals surface area (Å²) in [5.74, 6) is 0. The zero-order valence-electron chi connectivity index (χ0n) is 9.43. The third-order valence-electron chi connectivity index (χ3n) is 3.81. The first-order chi connectivity index (χ1) is 6.85. The zero-order chi connectivity index (χ0) is 9.86. The lowest BCUT2D eigenvalue weighted by atomic mass is 9.77. The molecule has 2 heterocycles. The lowest BCUT2D eigenvalue weighted by Gasteiger charge is -2.47. The summed E-state index contributed by atoms with van der Waals surface area (Å²) in [5.41, 5.74) is 0.612. The first-order valence-corrected chi connectivity index (χ1v) is 6.15. The van der Waals surface area contributed by atoms with Gasteiger partial charge in [-0.05, 0) is 38.9 Å². The number of hydrogen-bond donors (Lipinski definition) is 0.